The molecule has 5 nitrogen and oxygen atoms in total. The Morgan fingerprint density at radius 1 is 1.31 bits per heavy atom. The van der Waals surface area contributed by atoms with Gasteiger partial charge in [0.1, 0.15) is 5.75 Å². The Labute approximate surface area is 96.1 Å². The minimum Gasteiger partial charge on any atom is -0.508 e. The summed E-state index contributed by atoms with van der Waals surface area (Å²) >= 11 is 0. The zero-order valence-corrected chi connectivity index (χ0v) is 10.4. The molecule has 0 amide bonds. The fraction of sp³-hybridized carbons (Fsp3) is 0.400. The number of anilines is 1. The monoisotopic (exact) mass is 244 g/mol. The van der Waals surface area contributed by atoms with Crippen molar-refractivity contribution < 1.29 is 13.5 Å². The lowest BCUT2D eigenvalue weighted by atomic mass is 10.3. The quantitative estimate of drug-likeness (QED) is 0.860. The summed E-state index contributed by atoms with van der Waals surface area (Å²) in [6.07, 6.45) is 0. The van der Waals surface area contributed by atoms with Crippen molar-refractivity contribution >= 4 is 15.9 Å². The molecule has 0 aliphatic heterocycles. The summed E-state index contributed by atoms with van der Waals surface area (Å²) in [5.74, 6) is 0.0462. The van der Waals surface area contributed by atoms with Gasteiger partial charge in [0.15, 0.2) is 0 Å². The molecule has 0 saturated heterocycles. The molecule has 1 rings (SSSR count). The summed E-state index contributed by atoms with van der Waals surface area (Å²) < 4.78 is 26.3. The SMILES string of the molecule is CCN(c1cccc(O)c1)S(=O)(=O)N(C)C. The molecule has 90 valence electrons. The number of hydrogen-bond donors (Lipinski definition) is 1. The fourth-order valence-electron chi connectivity index (χ4n) is 1.32. The van der Waals surface area contributed by atoms with Gasteiger partial charge in [0, 0.05) is 26.7 Å². The van der Waals surface area contributed by atoms with Crippen molar-refractivity contribution in [3.05, 3.63) is 24.3 Å². The normalized spacial score (nSPS) is 11.8. The van der Waals surface area contributed by atoms with E-state index < -0.39 is 10.2 Å². The lowest BCUT2D eigenvalue weighted by Crippen LogP contribution is -2.39. The molecule has 1 aromatic carbocycles. The van der Waals surface area contributed by atoms with Crippen molar-refractivity contribution in [1.29, 1.82) is 0 Å². The second kappa shape index (κ2) is 4.71. The highest BCUT2D eigenvalue weighted by Gasteiger charge is 2.23. The van der Waals surface area contributed by atoms with E-state index in [0.717, 1.165) is 4.31 Å². The number of nitrogens with zero attached hydrogens (tertiary/aromatic N) is 2. The van der Waals surface area contributed by atoms with Crippen LogP contribution in [-0.4, -0.2) is 38.5 Å². The molecule has 0 unspecified atom stereocenters. The second-order valence-corrected chi connectivity index (χ2v) is 5.54. The molecule has 0 saturated carbocycles. The van der Waals surface area contributed by atoms with E-state index in [2.05, 4.69) is 0 Å². The molecule has 1 aromatic rings. The number of rotatable bonds is 4. The molecule has 0 aliphatic carbocycles. The van der Waals surface area contributed by atoms with Crippen LogP contribution in [0, 0.1) is 0 Å². The van der Waals surface area contributed by atoms with Crippen molar-refractivity contribution in [1.82, 2.24) is 4.31 Å². The van der Waals surface area contributed by atoms with Gasteiger partial charge < -0.3 is 5.11 Å². The van der Waals surface area contributed by atoms with Gasteiger partial charge in [-0.2, -0.15) is 12.7 Å². The van der Waals surface area contributed by atoms with Crippen LogP contribution in [0.15, 0.2) is 24.3 Å². The zero-order chi connectivity index (χ0) is 12.3. The molecule has 0 radical (unpaired) electrons. The van der Waals surface area contributed by atoms with Gasteiger partial charge in [-0.15, -0.1) is 0 Å². The maximum Gasteiger partial charge on any atom is 0.303 e. The first kappa shape index (κ1) is 12.8. The zero-order valence-electron chi connectivity index (χ0n) is 9.58. The molecular formula is C10H16N2O3S. The maximum absolute atomic E-state index is 11.9. The summed E-state index contributed by atoms with van der Waals surface area (Å²) in [5.41, 5.74) is 0.455. The molecule has 0 heterocycles. The molecule has 16 heavy (non-hydrogen) atoms. The van der Waals surface area contributed by atoms with Crippen LogP contribution in [0.5, 0.6) is 5.75 Å². The molecule has 6 heteroatoms. The van der Waals surface area contributed by atoms with Gasteiger partial charge >= 0.3 is 10.2 Å². The molecular weight excluding hydrogens is 228 g/mol. The molecule has 0 aliphatic rings. The summed E-state index contributed by atoms with van der Waals surface area (Å²) in [5, 5.41) is 9.33. The summed E-state index contributed by atoms with van der Waals surface area (Å²) in [7, 11) is -0.557. The standard InChI is InChI=1S/C10H16N2O3S/c1-4-12(16(14,15)11(2)3)9-6-5-7-10(13)8-9/h5-8,13H,4H2,1-3H3. The highest BCUT2D eigenvalue weighted by Crippen LogP contribution is 2.23. The third kappa shape index (κ3) is 2.45. The summed E-state index contributed by atoms with van der Waals surface area (Å²) in [6, 6.07) is 6.17. The minimum atomic E-state index is -3.50. The first-order chi connectivity index (χ1) is 7.39. The molecule has 1 N–H and O–H groups in total. The highest BCUT2D eigenvalue weighted by molar-refractivity contribution is 7.90. The van der Waals surface area contributed by atoms with Crippen LogP contribution in [-0.2, 0) is 10.2 Å². The smallest absolute Gasteiger partial charge is 0.303 e. The molecule has 0 spiro atoms. The van der Waals surface area contributed by atoms with Crippen LogP contribution in [0.25, 0.3) is 0 Å². The van der Waals surface area contributed by atoms with Crippen LogP contribution in [0.4, 0.5) is 5.69 Å². The van der Waals surface area contributed by atoms with E-state index >= 15 is 0 Å². The first-order valence-corrected chi connectivity index (χ1v) is 6.28. The van der Waals surface area contributed by atoms with E-state index in [1.165, 1.54) is 30.5 Å². The minimum absolute atomic E-state index is 0.0462. The van der Waals surface area contributed by atoms with E-state index in [4.69, 9.17) is 0 Å². The lowest BCUT2D eigenvalue weighted by molar-refractivity contribution is 0.475. The van der Waals surface area contributed by atoms with Gasteiger partial charge in [0.25, 0.3) is 0 Å². The first-order valence-electron chi connectivity index (χ1n) is 4.88. The lowest BCUT2D eigenvalue weighted by Gasteiger charge is -2.26. The summed E-state index contributed by atoms with van der Waals surface area (Å²) in [4.78, 5) is 0. The molecule has 0 fully saturated rings. The molecule has 0 aromatic heterocycles. The van der Waals surface area contributed by atoms with Crippen molar-refractivity contribution in [3.63, 3.8) is 0 Å². The van der Waals surface area contributed by atoms with Gasteiger partial charge in [-0.3, -0.25) is 4.31 Å². The Kier molecular flexibility index (Phi) is 3.77. The van der Waals surface area contributed by atoms with Crippen LogP contribution in [0.2, 0.25) is 0 Å². The van der Waals surface area contributed by atoms with Crippen molar-refractivity contribution in [2.45, 2.75) is 6.92 Å². The van der Waals surface area contributed by atoms with E-state index in [0.29, 0.717) is 12.2 Å². The molecule has 0 atom stereocenters. The Morgan fingerprint density at radius 2 is 1.94 bits per heavy atom. The van der Waals surface area contributed by atoms with Crippen LogP contribution >= 0.6 is 0 Å². The van der Waals surface area contributed by atoms with Gasteiger partial charge in [0.05, 0.1) is 5.69 Å². The van der Waals surface area contributed by atoms with E-state index in [-0.39, 0.29) is 5.75 Å². The van der Waals surface area contributed by atoms with E-state index in [1.807, 2.05) is 0 Å². The van der Waals surface area contributed by atoms with Gasteiger partial charge in [-0.1, -0.05) is 6.07 Å². The van der Waals surface area contributed by atoms with Crippen molar-refractivity contribution in [2.75, 3.05) is 24.9 Å². The average Bonchev–Trinajstić information content (AvgIpc) is 2.18. The van der Waals surface area contributed by atoms with Crippen LogP contribution in [0.1, 0.15) is 6.92 Å². The number of hydrogen-bond acceptors (Lipinski definition) is 3. The maximum atomic E-state index is 11.9. The fourth-order valence-corrected chi connectivity index (χ4v) is 2.42. The Bertz CT molecular complexity index is 457. The van der Waals surface area contributed by atoms with Crippen molar-refractivity contribution in [3.8, 4) is 5.75 Å². The topological polar surface area (TPSA) is 60.9 Å². The summed E-state index contributed by atoms with van der Waals surface area (Å²) in [6.45, 7) is 2.05. The third-order valence-electron chi connectivity index (χ3n) is 2.14. The van der Waals surface area contributed by atoms with Crippen LogP contribution < -0.4 is 4.31 Å². The second-order valence-electron chi connectivity index (χ2n) is 3.47. The highest BCUT2D eigenvalue weighted by atomic mass is 32.2. The Balaban J connectivity index is 3.19. The Hall–Kier alpha value is -1.27. The van der Waals surface area contributed by atoms with Gasteiger partial charge in [-0.05, 0) is 19.1 Å². The number of aromatic hydroxyl groups is 1. The van der Waals surface area contributed by atoms with E-state index in [1.54, 1.807) is 19.1 Å². The number of phenolic OH excluding ortho intramolecular Hbond substituents is 1. The van der Waals surface area contributed by atoms with Crippen LogP contribution in [0.3, 0.4) is 0 Å². The number of benzene rings is 1. The van der Waals surface area contributed by atoms with Crippen molar-refractivity contribution in [2.24, 2.45) is 0 Å². The third-order valence-corrected chi connectivity index (χ3v) is 4.09. The predicted octanol–water partition coefficient (Wildman–Crippen LogP) is 1.02. The van der Waals surface area contributed by atoms with Gasteiger partial charge in [0.2, 0.25) is 0 Å². The predicted molar refractivity (Wildman–Crippen MR) is 63.7 cm³/mol. The largest absolute Gasteiger partial charge is 0.508 e. The average molecular weight is 244 g/mol. The van der Waals surface area contributed by atoms with Gasteiger partial charge in [-0.25, -0.2) is 0 Å². The number of phenols is 1. The molecule has 0 bridgehead atoms. The van der Waals surface area contributed by atoms with E-state index in [9.17, 15) is 13.5 Å². The Morgan fingerprint density at radius 3 is 2.38 bits per heavy atom.